The van der Waals surface area contributed by atoms with Gasteiger partial charge < -0.3 is 24.8 Å². The van der Waals surface area contributed by atoms with E-state index in [1.807, 2.05) is 6.07 Å². The van der Waals surface area contributed by atoms with E-state index >= 15 is 0 Å². The summed E-state index contributed by atoms with van der Waals surface area (Å²) < 4.78 is 5.68. The molecule has 0 saturated carbocycles. The van der Waals surface area contributed by atoms with Gasteiger partial charge in [0.2, 0.25) is 0 Å². The van der Waals surface area contributed by atoms with Crippen LogP contribution in [0.2, 0.25) is 0 Å². The zero-order valence-electron chi connectivity index (χ0n) is 15.5. The standard InChI is InChI=1S/C20H27N3O4/c1-22-9-11-23(12-10-22)13-16-7-8-18(27-16)20(26)21-17(14-24)19(25)15-5-3-2-4-6-15/h2-8,17,19,24-25H,9-14H2,1H3,(H,21,26)/t17-,19-/m0/s1. The average molecular weight is 373 g/mol. The largest absolute Gasteiger partial charge is 0.455 e. The third-order valence-corrected chi connectivity index (χ3v) is 4.90. The lowest BCUT2D eigenvalue weighted by atomic mass is 10.0. The topological polar surface area (TPSA) is 89.2 Å². The molecule has 0 spiro atoms. The number of hydrogen-bond donors (Lipinski definition) is 3. The second-order valence-corrected chi connectivity index (χ2v) is 6.96. The second-order valence-electron chi connectivity index (χ2n) is 6.96. The first-order valence-electron chi connectivity index (χ1n) is 9.21. The molecular weight excluding hydrogens is 346 g/mol. The number of nitrogens with zero attached hydrogens (tertiary/aromatic N) is 2. The maximum absolute atomic E-state index is 12.5. The van der Waals surface area contributed by atoms with Gasteiger partial charge >= 0.3 is 0 Å². The highest BCUT2D eigenvalue weighted by Crippen LogP contribution is 2.18. The second kappa shape index (κ2) is 9.14. The molecular formula is C20H27N3O4. The summed E-state index contributed by atoms with van der Waals surface area (Å²) in [6, 6.07) is 11.6. The minimum atomic E-state index is -1.00. The summed E-state index contributed by atoms with van der Waals surface area (Å²) in [6.07, 6.45) is -1.00. The van der Waals surface area contributed by atoms with Crippen molar-refractivity contribution in [3.05, 3.63) is 59.5 Å². The normalized spacial score (nSPS) is 18.2. The molecule has 1 amide bonds. The van der Waals surface area contributed by atoms with Crippen molar-refractivity contribution in [2.24, 2.45) is 0 Å². The summed E-state index contributed by atoms with van der Waals surface area (Å²) >= 11 is 0. The van der Waals surface area contributed by atoms with Gasteiger partial charge in [-0.15, -0.1) is 0 Å². The molecule has 146 valence electrons. The Labute approximate surface area is 159 Å². The molecule has 0 bridgehead atoms. The van der Waals surface area contributed by atoms with Crippen LogP contribution in [0.25, 0.3) is 0 Å². The van der Waals surface area contributed by atoms with Crippen LogP contribution < -0.4 is 5.32 Å². The van der Waals surface area contributed by atoms with Crippen molar-refractivity contribution in [1.82, 2.24) is 15.1 Å². The lowest BCUT2D eigenvalue weighted by molar-refractivity contribution is 0.0680. The van der Waals surface area contributed by atoms with Gasteiger partial charge in [0, 0.05) is 26.2 Å². The summed E-state index contributed by atoms with van der Waals surface area (Å²) in [5.41, 5.74) is 0.632. The highest BCUT2D eigenvalue weighted by molar-refractivity contribution is 5.91. The number of benzene rings is 1. The third-order valence-electron chi connectivity index (χ3n) is 4.90. The predicted molar refractivity (Wildman–Crippen MR) is 101 cm³/mol. The van der Waals surface area contributed by atoms with Crippen molar-refractivity contribution in [2.45, 2.75) is 18.7 Å². The zero-order chi connectivity index (χ0) is 19.2. The van der Waals surface area contributed by atoms with Crippen LogP contribution in [0.1, 0.15) is 28.0 Å². The van der Waals surface area contributed by atoms with E-state index in [0.717, 1.165) is 31.9 Å². The molecule has 1 aromatic carbocycles. The summed E-state index contributed by atoms with van der Waals surface area (Å²) in [5, 5.41) is 22.6. The van der Waals surface area contributed by atoms with Crippen molar-refractivity contribution < 1.29 is 19.4 Å². The first-order valence-corrected chi connectivity index (χ1v) is 9.21. The van der Waals surface area contributed by atoms with E-state index in [9.17, 15) is 15.0 Å². The van der Waals surface area contributed by atoms with E-state index in [4.69, 9.17) is 4.42 Å². The molecule has 1 aliphatic rings. The molecule has 3 rings (SSSR count). The van der Waals surface area contributed by atoms with Crippen molar-refractivity contribution >= 4 is 5.91 Å². The van der Waals surface area contributed by atoms with Crippen molar-refractivity contribution in [2.75, 3.05) is 39.8 Å². The Morgan fingerprint density at radius 2 is 1.85 bits per heavy atom. The average Bonchev–Trinajstić information content (AvgIpc) is 3.16. The van der Waals surface area contributed by atoms with Gasteiger partial charge in [-0.05, 0) is 24.7 Å². The zero-order valence-corrected chi connectivity index (χ0v) is 15.5. The molecule has 7 heteroatoms. The van der Waals surface area contributed by atoms with Gasteiger partial charge in [-0.2, -0.15) is 0 Å². The minimum Gasteiger partial charge on any atom is -0.455 e. The number of furan rings is 1. The van der Waals surface area contributed by atoms with Crippen LogP contribution in [-0.4, -0.2) is 71.8 Å². The Balaban J connectivity index is 1.58. The molecule has 1 fully saturated rings. The number of aliphatic hydroxyl groups is 2. The fraction of sp³-hybridized carbons (Fsp3) is 0.450. The van der Waals surface area contributed by atoms with Gasteiger partial charge in [0.15, 0.2) is 5.76 Å². The van der Waals surface area contributed by atoms with Crippen LogP contribution in [0.15, 0.2) is 46.9 Å². The summed E-state index contributed by atoms with van der Waals surface area (Å²) in [4.78, 5) is 17.0. The molecule has 2 heterocycles. The Kier molecular flexibility index (Phi) is 6.63. The third kappa shape index (κ3) is 5.17. The summed E-state index contributed by atoms with van der Waals surface area (Å²) in [6.45, 7) is 4.25. The molecule has 0 radical (unpaired) electrons. The molecule has 1 saturated heterocycles. The van der Waals surface area contributed by atoms with E-state index in [2.05, 4.69) is 22.2 Å². The van der Waals surface area contributed by atoms with Gasteiger partial charge in [-0.25, -0.2) is 0 Å². The maximum atomic E-state index is 12.5. The highest BCUT2D eigenvalue weighted by Gasteiger charge is 2.24. The van der Waals surface area contributed by atoms with E-state index < -0.39 is 18.1 Å². The molecule has 0 unspecified atom stereocenters. The molecule has 2 atom stereocenters. The van der Waals surface area contributed by atoms with Gasteiger partial charge in [0.05, 0.1) is 19.2 Å². The first-order chi connectivity index (χ1) is 13.1. The number of piperazine rings is 1. The van der Waals surface area contributed by atoms with Crippen molar-refractivity contribution in [1.29, 1.82) is 0 Å². The Hall–Kier alpha value is -2.19. The van der Waals surface area contributed by atoms with Gasteiger partial charge in [-0.3, -0.25) is 9.69 Å². The summed E-state index contributed by atoms with van der Waals surface area (Å²) in [5.74, 6) is 0.459. The van der Waals surface area contributed by atoms with E-state index in [-0.39, 0.29) is 12.4 Å². The smallest absolute Gasteiger partial charge is 0.287 e. The number of hydrogen-bond acceptors (Lipinski definition) is 6. The number of amides is 1. The molecule has 7 nitrogen and oxygen atoms in total. The molecule has 27 heavy (non-hydrogen) atoms. The first kappa shape index (κ1) is 19.6. The van der Waals surface area contributed by atoms with E-state index in [1.54, 1.807) is 36.4 Å². The lowest BCUT2D eigenvalue weighted by Gasteiger charge is -2.31. The predicted octanol–water partition coefficient (Wildman–Crippen LogP) is 0.851. The van der Waals surface area contributed by atoms with Crippen LogP contribution in [0, 0.1) is 0 Å². The fourth-order valence-corrected chi connectivity index (χ4v) is 3.16. The van der Waals surface area contributed by atoms with Crippen LogP contribution >= 0.6 is 0 Å². The number of aliphatic hydroxyl groups excluding tert-OH is 2. The van der Waals surface area contributed by atoms with Gasteiger partial charge in [0.25, 0.3) is 5.91 Å². The Morgan fingerprint density at radius 1 is 1.15 bits per heavy atom. The maximum Gasteiger partial charge on any atom is 0.287 e. The monoisotopic (exact) mass is 373 g/mol. The Bertz CT molecular complexity index is 726. The highest BCUT2D eigenvalue weighted by atomic mass is 16.4. The molecule has 3 N–H and O–H groups in total. The number of rotatable bonds is 7. The molecule has 1 aliphatic heterocycles. The number of likely N-dealkylation sites (N-methyl/N-ethyl adjacent to an activating group) is 1. The van der Waals surface area contributed by atoms with Crippen molar-refractivity contribution in [3.8, 4) is 0 Å². The van der Waals surface area contributed by atoms with Crippen molar-refractivity contribution in [3.63, 3.8) is 0 Å². The molecule has 2 aromatic rings. The van der Waals surface area contributed by atoms with Gasteiger partial charge in [0.1, 0.15) is 11.9 Å². The fourth-order valence-electron chi connectivity index (χ4n) is 3.16. The van der Waals surface area contributed by atoms with Crippen LogP contribution in [0.4, 0.5) is 0 Å². The molecule has 0 aliphatic carbocycles. The Morgan fingerprint density at radius 3 is 2.52 bits per heavy atom. The van der Waals surface area contributed by atoms with Crippen LogP contribution in [0.3, 0.4) is 0 Å². The minimum absolute atomic E-state index is 0.179. The van der Waals surface area contributed by atoms with Gasteiger partial charge in [-0.1, -0.05) is 30.3 Å². The number of nitrogens with one attached hydrogen (secondary N) is 1. The quantitative estimate of drug-likeness (QED) is 0.667. The lowest BCUT2D eigenvalue weighted by Crippen LogP contribution is -2.43. The SMILES string of the molecule is CN1CCN(Cc2ccc(C(=O)N[C@@H](CO)[C@@H](O)c3ccccc3)o2)CC1. The number of carbonyl (C=O) groups is 1. The summed E-state index contributed by atoms with van der Waals surface area (Å²) in [7, 11) is 2.11. The van der Waals surface area contributed by atoms with Crippen LogP contribution in [-0.2, 0) is 6.54 Å². The van der Waals surface area contributed by atoms with Crippen LogP contribution in [0.5, 0.6) is 0 Å². The number of carbonyl (C=O) groups excluding carboxylic acids is 1. The van der Waals surface area contributed by atoms with E-state index in [0.29, 0.717) is 12.1 Å². The molecule has 1 aromatic heterocycles. The van der Waals surface area contributed by atoms with E-state index in [1.165, 1.54) is 0 Å².